The van der Waals surface area contributed by atoms with Crippen LogP contribution in [0.3, 0.4) is 0 Å². The first kappa shape index (κ1) is 24.9. The number of anilines is 1. The fraction of sp³-hybridized carbons (Fsp3) is 0.652. The molecule has 7 heteroatoms. The lowest BCUT2D eigenvalue weighted by Gasteiger charge is -2.30. The van der Waals surface area contributed by atoms with Crippen LogP contribution in [0.4, 0.5) is 5.69 Å². The number of likely N-dealkylation sites (tertiary alicyclic amines) is 1. The smallest absolute Gasteiger partial charge is 0.227 e. The number of hydrogen-bond acceptors (Lipinski definition) is 3. The highest BCUT2D eigenvalue weighted by Crippen LogP contribution is 2.21. The van der Waals surface area contributed by atoms with Crippen LogP contribution in [0.25, 0.3) is 0 Å². The number of nitrogens with zero attached hydrogens (tertiary/aromatic N) is 3. The maximum absolute atomic E-state index is 11.9. The predicted molar refractivity (Wildman–Crippen MR) is 136 cm³/mol. The van der Waals surface area contributed by atoms with Crippen molar-refractivity contribution in [3.63, 3.8) is 0 Å². The van der Waals surface area contributed by atoms with Crippen molar-refractivity contribution in [2.24, 2.45) is 10.9 Å². The zero-order valence-electron chi connectivity index (χ0n) is 18.5. The normalized spacial score (nSPS) is 18.4. The first-order valence-electron chi connectivity index (χ1n) is 11.2. The second kappa shape index (κ2) is 13.1. The number of carbonyl (C=O) groups excluding carboxylic acids is 1. The summed E-state index contributed by atoms with van der Waals surface area (Å²) in [5.74, 6) is 1.98. The molecule has 0 saturated carbocycles. The van der Waals surface area contributed by atoms with Crippen molar-refractivity contribution in [2.45, 2.75) is 52.0 Å². The van der Waals surface area contributed by atoms with Gasteiger partial charge in [0.2, 0.25) is 5.91 Å². The van der Waals surface area contributed by atoms with Gasteiger partial charge in [-0.3, -0.25) is 9.79 Å². The van der Waals surface area contributed by atoms with Crippen molar-refractivity contribution in [3.05, 3.63) is 29.8 Å². The van der Waals surface area contributed by atoms with E-state index < -0.39 is 0 Å². The minimum Gasteiger partial charge on any atom is -0.356 e. The number of aliphatic imine (C=N–C) groups is 1. The molecule has 1 amide bonds. The van der Waals surface area contributed by atoms with Crippen LogP contribution in [0.5, 0.6) is 0 Å². The molecule has 0 unspecified atom stereocenters. The highest BCUT2D eigenvalue weighted by atomic mass is 127. The zero-order valence-corrected chi connectivity index (χ0v) is 20.9. The molecule has 2 aliphatic rings. The first-order chi connectivity index (χ1) is 14.2. The lowest BCUT2D eigenvalue weighted by atomic mass is 9.99. The highest BCUT2D eigenvalue weighted by Gasteiger charge is 2.21. The molecule has 3 rings (SSSR count). The van der Waals surface area contributed by atoms with Crippen LogP contribution < -0.4 is 15.5 Å². The zero-order chi connectivity index (χ0) is 20.5. The van der Waals surface area contributed by atoms with E-state index in [4.69, 9.17) is 0 Å². The Morgan fingerprint density at radius 2 is 1.83 bits per heavy atom. The van der Waals surface area contributed by atoms with Gasteiger partial charge in [-0.05, 0) is 75.4 Å². The van der Waals surface area contributed by atoms with E-state index in [0.29, 0.717) is 6.42 Å². The van der Waals surface area contributed by atoms with Crippen LogP contribution in [0.1, 0.15) is 51.0 Å². The molecule has 2 aliphatic heterocycles. The van der Waals surface area contributed by atoms with Crippen LogP contribution in [0.2, 0.25) is 0 Å². The van der Waals surface area contributed by atoms with Gasteiger partial charge in [0.15, 0.2) is 5.96 Å². The number of amides is 1. The molecule has 0 atom stereocenters. The SMILES string of the molecule is CN=C(NCCCCN1CCC(C)CC1)NCc1ccc(N2CCCC2=O)cc1.I. The van der Waals surface area contributed by atoms with Crippen LogP contribution in [-0.4, -0.2) is 56.5 Å². The summed E-state index contributed by atoms with van der Waals surface area (Å²) in [6, 6.07) is 8.25. The molecule has 0 aliphatic carbocycles. The highest BCUT2D eigenvalue weighted by molar-refractivity contribution is 14.0. The number of benzene rings is 1. The summed E-state index contributed by atoms with van der Waals surface area (Å²) in [4.78, 5) is 20.7. The van der Waals surface area contributed by atoms with Crippen molar-refractivity contribution in [3.8, 4) is 0 Å². The van der Waals surface area contributed by atoms with Gasteiger partial charge in [0.25, 0.3) is 0 Å². The molecule has 1 aromatic rings. The Kier molecular flexibility index (Phi) is 10.9. The quantitative estimate of drug-likeness (QED) is 0.235. The van der Waals surface area contributed by atoms with Crippen LogP contribution in [0.15, 0.2) is 29.3 Å². The van der Waals surface area contributed by atoms with E-state index in [9.17, 15) is 4.79 Å². The summed E-state index contributed by atoms with van der Waals surface area (Å²) in [7, 11) is 1.81. The van der Waals surface area contributed by atoms with Gasteiger partial charge in [0.05, 0.1) is 0 Å². The number of rotatable bonds is 8. The molecular weight excluding hydrogens is 489 g/mol. The molecule has 0 spiro atoms. The Balaban J connectivity index is 0.00000320. The van der Waals surface area contributed by atoms with E-state index in [1.165, 1.54) is 44.5 Å². The molecule has 1 aromatic carbocycles. The fourth-order valence-corrected chi connectivity index (χ4v) is 4.07. The standard InChI is InChI=1S/C23H37N5O.HI/c1-19-11-16-27(17-12-19)14-4-3-13-25-23(24-2)26-18-20-7-9-21(10-8-20)28-15-5-6-22(28)29;/h7-10,19H,3-6,11-18H2,1-2H3,(H2,24,25,26);1H. The van der Waals surface area contributed by atoms with Gasteiger partial charge in [-0.2, -0.15) is 0 Å². The van der Waals surface area contributed by atoms with Crippen molar-refractivity contribution in [1.29, 1.82) is 0 Å². The minimum absolute atomic E-state index is 0. The van der Waals surface area contributed by atoms with Crippen LogP contribution in [0, 0.1) is 5.92 Å². The summed E-state index contributed by atoms with van der Waals surface area (Å²) in [6.07, 6.45) is 6.72. The summed E-state index contributed by atoms with van der Waals surface area (Å²) >= 11 is 0. The van der Waals surface area contributed by atoms with Crippen LogP contribution >= 0.6 is 24.0 Å². The average molecular weight is 527 g/mol. The van der Waals surface area contributed by atoms with E-state index in [1.54, 1.807) is 0 Å². The van der Waals surface area contributed by atoms with Crippen molar-refractivity contribution < 1.29 is 4.79 Å². The van der Waals surface area contributed by atoms with Gasteiger partial charge in [-0.1, -0.05) is 19.1 Å². The van der Waals surface area contributed by atoms with Crippen molar-refractivity contribution in [1.82, 2.24) is 15.5 Å². The number of unbranched alkanes of at least 4 members (excludes halogenated alkanes) is 1. The molecular formula is C23H38IN5O. The Bertz CT molecular complexity index is 671. The van der Waals surface area contributed by atoms with Gasteiger partial charge in [0.1, 0.15) is 0 Å². The summed E-state index contributed by atoms with van der Waals surface area (Å²) < 4.78 is 0. The molecule has 2 N–H and O–H groups in total. The Morgan fingerprint density at radius 1 is 1.10 bits per heavy atom. The summed E-state index contributed by atoms with van der Waals surface area (Å²) in [5.41, 5.74) is 2.18. The molecule has 6 nitrogen and oxygen atoms in total. The van der Waals surface area contributed by atoms with Crippen LogP contribution in [-0.2, 0) is 11.3 Å². The molecule has 0 radical (unpaired) electrons. The van der Waals surface area contributed by atoms with Gasteiger partial charge < -0.3 is 20.4 Å². The second-order valence-corrected chi connectivity index (χ2v) is 8.40. The summed E-state index contributed by atoms with van der Waals surface area (Å²) in [6.45, 7) is 8.61. The maximum atomic E-state index is 11.9. The van der Waals surface area contributed by atoms with E-state index in [0.717, 1.165) is 50.0 Å². The van der Waals surface area contributed by atoms with E-state index in [1.807, 2.05) is 24.1 Å². The maximum Gasteiger partial charge on any atom is 0.227 e. The number of carbonyl (C=O) groups is 1. The predicted octanol–water partition coefficient (Wildman–Crippen LogP) is 3.61. The third-order valence-electron chi connectivity index (χ3n) is 6.07. The topological polar surface area (TPSA) is 60.0 Å². The number of piperidine rings is 1. The Labute approximate surface area is 198 Å². The number of halogens is 1. The summed E-state index contributed by atoms with van der Waals surface area (Å²) in [5, 5.41) is 6.79. The van der Waals surface area contributed by atoms with Gasteiger partial charge >= 0.3 is 0 Å². The number of hydrogen-bond donors (Lipinski definition) is 2. The van der Waals surface area contributed by atoms with Gasteiger partial charge in [-0.15, -0.1) is 24.0 Å². The molecule has 2 heterocycles. The van der Waals surface area contributed by atoms with Gasteiger partial charge in [-0.25, -0.2) is 0 Å². The van der Waals surface area contributed by atoms with E-state index in [-0.39, 0.29) is 29.9 Å². The molecule has 0 aromatic heterocycles. The fourth-order valence-electron chi connectivity index (χ4n) is 4.07. The molecule has 2 saturated heterocycles. The third kappa shape index (κ3) is 7.72. The molecule has 0 bridgehead atoms. The van der Waals surface area contributed by atoms with Gasteiger partial charge in [0, 0.05) is 38.8 Å². The number of nitrogens with one attached hydrogen (secondary N) is 2. The lowest BCUT2D eigenvalue weighted by molar-refractivity contribution is -0.117. The molecule has 168 valence electrons. The second-order valence-electron chi connectivity index (χ2n) is 8.40. The Hall–Kier alpha value is -1.35. The Morgan fingerprint density at radius 3 is 2.47 bits per heavy atom. The van der Waals surface area contributed by atoms with E-state index >= 15 is 0 Å². The minimum atomic E-state index is 0. The number of guanidine groups is 1. The third-order valence-corrected chi connectivity index (χ3v) is 6.07. The monoisotopic (exact) mass is 527 g/mol. The lowest BCUT2D eigenvalue weighted by Crippen LogP contribution is -2.38. The first-order valence-corrected chi connectivity index (χ1v) is 11.2. The average Bonchev–Trinajstić information content (AvgIpc) is 3.17. The van der Waals surface area contributed by atoms with Crippen molar-refractivity contribution in [2.75, 3.05) is 44.7 Å². The van der Waals surface area contributed by atoms with Crippen molar-refractivity contribution >= 4 is 41.5 Å². The molecule has 30 heavy (non-hydrogen) atoms. The molecule has 2 fully saturated rings. The van der Waals surface area contributed by atoms with E-state index in [2.05, 4.69) is 39.6 Å². The largest absolute Gasteiger partial charge is 0.356 e.